The number of nitrogens with two attached hydrogens (primary N) is 1. The van der Waals surface area contributed by atoms with Gasteiger partial charge in [0.25, 0.3) is 5.91 Å². The molecular weight excluding hydrogens is 306 g/mol. The van der Waals surface area contributed by atoms with Crippen LogP contribution < -0.4 is 11.1 Å². The first-order valence-electron chi connectivity index (χ1n) is 7.35. The number of nitrogens with one attached hydrogen (secondary N) is 1. The first kappa shape index (κ1) is 16.5. The molecule has 120 valence electrons. The van der Waals surface area contributed by atoms with Crippen molar-refractivity contribution in [3.8, 4) is 0 Å². The first-order valence-corrected chi connectivity index (χ1v) is 7.73. The minimum absolute atomic E-state index is 0.178. The van der Waals surface area contributed by atoms with Crippen molar-refractivity contribution in [2.75, 3.05) is 18.9 Å². The second kappa shape index (κ2) is 6.96. The maximum absolute atomic E-state index is 12.2. The monoisotopic (exact) mass is 325 g/mol. The molecule has 1 saturated carbocycles. The number of carbonyl (C=O) groups is 2. The molecule has 1 aromatic rings. The summed E-state index contributed by atoms with van der Waals surface area (Å²) in [7, 11) is 0. The number of ether oxygens (including phenoxy) is 1. The second-order valence-electron chi connectivity index (χ2n) is 5.48. The van der Waals surface area contributed by atoms with Crippen LogP contribution in [0.25, 0.3) is 0 Å². The van der Waals surface area contributed by atoms with Crippen LogP contribution in [0.2, 0.25) is 5.02 Å². The molecule has 3 N–H and O–H groups in total. The van der Waals surface area contributed by atoms with Crippen LogP contribution in [0.15, 0.2) is 12.3 Å². The Morgan fingerprint density at radius 2 is 2.14 bits per heavy atom. The minimum atomic E-state index is -0.614. The topological polar surface area (TPSA) is 94.3 Å². The number of anilines is 1. The van der Waals surface area contributed by atoms with Gasteiger partial charge in [0, 0.05) is 12.7 Å². The molecule has 1 aliphatic carbocycles. The van der Waals surface area contributed by atoms with E-state index in [1.54, 1.807) is 6.92 Å². The zero-order valence-corrected chi connectivity index (χ0v) is 13.3. The van der Waals surface area contributed by atoms with E-state index in [2.05, 4.69) is 10.3 Å². The molecule has 2 rings (SSSR count). The van der Waals surface area contributed by atoms with Crippen LogP contribution in [0.4, 0.5) is 5.82 Å². The number of rotatable bonds is 5. The van der Waals surface area contributed by atoms with E-state index < -0.39 is 5.41 Å². The van der Waals surface area contributed by atoms with E-state index in [-0.39, 0.29) is 29.3 Å². The van der Waals surface area contributed by atoms with E-state index in [1.165, 1.54) is 12.3 Å². The molecule has 1 heterocycles. The molecule has 0 atom stereocenters. The van der Waals surface area contributed by atoms with Crippen molar-refractivity contribution in [2.24, 2.45) is 5.41 Å². The lowest BCUT2D eigenvalue weighted by atomic mass is 9.86. The fraction of sp³-hybridized carbons (Fsp3) is 0.533. The average Bonchev–Trinajstić information content (AvgIpc) is 2.98. The van der Waals surface area contributed by atoms with Crippen molar-refractivity contribution in [1.82, 2.24) is 10.3 Å². The maximum Gasteiger partial charge on any atom is 0.313 e. The van der Waals surface area contributed by atoms with E-state index in [0.29, 0.717) is 12.2 Å². The number of carbonyl (C=O) groups excluding carboxylic acids is 2. The Morgan fingerprint density at radius 3 is 2.73 bits per heavy atom. The average molecular weight is 326 g/mol. The lowest BCUT2D eigenvalue weighted by molar-refractivity contribution is -0.154. The van der Waals surface area contributed by atoms with Gasteiger partial charge < -0.3 is 15.8 Å². The van der Waals surface area contributed by atoms with Crippen LogP contribution in [-0.4, -0.2) is 30.0 Å². The fourth-order valence-corrected chi connectivity index (χ4v) is 2.88. The summed E-state index contributed by atoms with van der Waals surface area (Å²) in [6.07, 6.45) is 4.75. The van der Waals surface area contributed by atoms with E-state index in [9.17, 15) is 9.59 Å². The Kier molecular flexibility index (Phi) is 5.24. The van der Waals surface area contributed by atoms with Gasteiger partial charge in [0.2, 0.25) is 0 Å². The zero-order valence-electron chi connectivity index (χ0n) is 12.5. The summed E-state index contributed by atoms with van der Waals surface area (Å²) >= 11 is 5.86. The lowest BCUT2D eigenvalue weighted by Gasteiger charge is -2.26. The summed E-state index contributed by atoms with van der Waals surface area (Å²) in [5.74, 6) is -0.386. The van der Waals surface area contributed by atoms with Crippen molar-refractivity contribution in [3.63, 3.8) is 0 Å². The van der Waals surface area contributed by atoms with Crippen LogP contribution in [0, 0.1) is 5.41 Å². The first-order chi connectivity index (χ1) is 10.5. The Hall–Kier alpha value is -1.82. The minimum Gasteiger partial charge on any atom is -0.466 e. The molecule has 6 nitrogen and oxygen atoms in total. The highest BCUT2D eigenvalue weighted by Gasteiger charge is 2.42. The zero-order chi connectivity index (χ0) is 16.2. The largest absolute Gasteiger partial charge is 0.466 e. The molecular formula is C15H20ClN3O3. The third-order valence-corrected chi connectivity index (χ3v) is 4.29. The predicted octanol–water partition coefficient (Wildman–Crippen LogP) is 2.17. The molecule has 0 saturated heterocycles. The lowest BCUT2D eigenvalue weighted by Crippen LogP contribution is -2.42. The fourth-order valence-electron chi connectivity index (χ4n) is 2.71. The van der Waals surface area contributed by atoms with Gasteiger partial charge in [-0.25, -0.2) is 4.98 Å². The van der Waals surface area contributed by atoms with Gasteiger partial charge in [0.05, 0.1) is 22.6 Å². The molecule has 0 aliphatic heterocycles. The molecule has 1 aliphatic rings. The maximum atomic E-state index is 12.2. The number of aromatic nitrogens is 1. The molecule has 7 heteroatoms. The van der Waals surface area contributed by atoms with Gasteiger partial charge in [-0.1, -0.05) is 24.4 Å². The SMILES string of the molecule is CCOC(=O)C1(CNC(=O)c2cnc(N)c(Cl)c2)CCCC1. The Balaban J connectivity index is 2.04. The van der Waals surface area contributed by atoms with Crippen molar-refractivity contribution in [3.05, 3.63) is 22.8 Å². The Morgan fingerprint density at radius 1 is 1.45 bits per heavy atom. The summed E-state index contributed by atoms with van der Waals surface area (Å²) in [6, 6.07) is 1.46. The molecule has 0 unspecified atom stereocenters. The number of halogens is 1. The van der Waals surface area contributed by atoms with Gasteiger partial charge in [0.1, 0.15) is 5.82 Å². The molecule has 0 spiro atoms. The Labute approximate surface area is 134 Å². The number of amides is 1. The molecule has 0 bridgehead atoms. The molecule has 0 aromatic carbocycles. The van der Waals surface area contributed by atoms with Crippen molar-refractivity contribution >= 4 is 29.3 Å². The third-order valence-electron chi connectivity index (χ3n) is 3.99. The van der Waals surface area contributed by atoms with Gasteiger partial charge >= 0.3 is 5.97 Å². The Bertz CT molecular complexity index is 571. The number of hydrogen-bond donors (Lipinski definition) is 2. The highest BCUT2D eigenvalue weighted by atomic mass is 35.5. The van der Waals surface area contributed by atoms with Crippen molar-refractivity contribution in [2.45, 2.75) is 32.6 Å². The summed E-state index contributed by atoms with van der Waals surface area (Å²) in [5, 5.41) is 3.02. The smallest absolute Gasteiger partial charge is 0.313 e. The molecule has 22 heavy (non-hydrogen) atoms. The van der Waals surface area contributed by atoms with Crippen molar-refractivity contribution < 1.29 is 14.3 Å². The van der Waals surface area contributed by atoms with Gasteiger partial charge in [0.15, 0.2) is 0 Å². The second-order valence-corrected chi connectivity index (χ2v) is 5.89. The standard InChI is InChI=1S/C15H20ClN3O3/c1-2-22-14(21)15(5-3-4-6-15)9-19-13(20)10-7-11(16)12(17)18-8-10/h7-8H,2-6,9H2,1H3,(H2,17,18)(H,19,20). The van der Waals surface area contributed by atoms with Gasteiger partial charge in [-0.05, 0) is 25.8 Å². The number of nitrogen functional groups attached to an aromatic ring is 1. The summed E-state index contributed by atoms with van der Waals surface area (Å²) in [4.78, 5) is 28.2. The van der Waals surface area contributed by atoms with Crippen LogP contribution in [0.5, 0.6) is 0 Å². The summed E-state index contributed by atoms with van der Waals surface area (Å²) in [5.41, 5.74) is 5.22. The summed E-state index contributed by atoms with van der Waals surface area (Å²) < 4.78 is 5.16. The number of esters is 1. The van der Waals surface area contributed by atoms with Crippen LogP contribution in [0.3, 0.4) is 0 Å². The van der Waals surface area contributed by atoms with Crippen LogP contribution >= 0.6 is 11.6 Å². The van der Waals surface area contributed by atoms with Crippen molar-refractivity contribution in [1.29, 1.82) is 0 Å². The molecule has 0 radical (unpaired) electrons. The number of pyridine rings is 1. The molecule has 1 fully saturated rings. The number of nitrogens with zero attached hydrogens (tertiary/aromatic N) is 1. The quantitative estimate of drug-likeness (QED) is 0.809. The van der Waals surface area contributed by atoms with Gasteiger partial charge in [-0.15, -0.1) is 0 Å². The normalized spacial score (nSPS) is 16.3. The predicted molar refractivity (Wildman–Crippen MR) is 83.5 cm³/mol. The third kappa shape index (κ3) is 3.50. The van der Waals surface area contributed by atoms with E-state index in [1.807, 2.05) is 0 Å². The van der Waals surface area contributed by atoms with Crippen LogP contribution in [0.1, 0.15) is 43.0 Å². The summed E-state index contributed by atoms with van der Waals surface area (Å²) in [6.45, 7) is 2.37. The van der Waals surface area contributed by atoms with E-state index >= 15 is 0 Å². The van der Waals surface area contributed by atoms with Gasteiger partial charge in [-0.2, -0.15) is 0 Å². The molecule has 1 amide bonds. The highest BCUT2D eigenvalue weighted by Crippen LogP contribution is 2.38. The van der Waals surface area contributed by atoms with E-state index in [0.717, 1.165) is 25.7 Å². The number of hydrogen-bond acceptors (Lipinski definition) is 5. The van der Waals surface area contributed by atoms with Gasteiger partial charge in [-0.3, -0.25) is 9.59 Å². The van der Waals surface area contributed by atoms with E-state index in [4.69, 9.17) is 22.1 Å². The molecule has 1 aromatic heterocycles. The highest BCUT2D eigenvalue weighted by molar-refractivity contribution is 6.33. The van der Waals surface area contributed by atoms with Crippen LogP contribution in [-0.2, 0) is 9.53 Å².